The van der Waals surface area contributed by atoms with Crippen molar-refractivity contribution in [3.05, 3.63) is 60.2 Å². The third-order valence-electron chi connectivity index (χ3n) is 2.77. The first kappa shape index (κ1) is 16.4. The molecule has 0 bridgehead atoms. The number of anilines is 1. The van der Waals surface area contributed by atoms with Crippen molar-refractivity contribution in [3.63, 3.8) is 0 Å². The zero-order valence-corrected chi connectivity index (χ0v) is 12.0. The summed E-state index contributed by atoms with van der Waals surface area (Å²) in [7, 11) is 0. The Bertz CT molecular complexity index is 690. The topological polar surface area (TPSA) is 67.4 Å². The van der Waals surface area contributed by atoms with Crippen molar-refractivity contribution in [3.8, 4) is 5.75 Å². The molecule has 0 aromatic heterocycles. The smallest absolute Gasteiger partial charge is 0.258 e. The molecule has 2 amide bonds. The Kier molecular flexibility index (Phi) is 5.62. The third kappa shape index (κ3) is 5.39. The van der Waals surface area contributed by atoms with E-state index >= 15 is 0 Å². The normalized spacial score (nSPS) is 10.0. The van der Waals surface area contributed by atoms with Crippen molar-refractivity contribution < 1.29 is 23.1 Å². The number of ether oxygens (including phenoxy) is 1. The van der Waals surface area contributed by atoms with Crippen LogP contribution < -0.4 is 15.4 Å². The van der Waals surface area contributed by atoms with Crippen molar-refractivity contribution in [2.45, 2.75) is 0 Å². The zero-order chi connectivity index (χ0) is 16.7. The lowest BCUT2D eigenvalue weighted by Gasteiger charge is -2.08. The van der Waals surface area contributed by atoms with Gasteiger partial charge in [0.1, 0.15) is 5.82 Å². The molecule has 0 radical (unpaired) electrons. The number of rotatable bonds is 6. The van der Waals surface area contributed by atoms with Crippen LogP contribution in [-0.2, 0) is 9.59 Å². The zero-order valence-electron chi connectivity index (χ0n) is 12.0. The molecule has 0 atom stereocenters. The molecule has 23 heavy (non-hydrogen) atoms. The molecule has 0 saturated carbocycles. The van der Waals surface area contributed by atoms with Gasteiger partial charge in [-0.3, -0.25) is 9.59 Å². The van der Waals surface area contributed by atoms with E-state index in [2.05, 4.69) is 10.6 Å². The van der Waals surface area contributed by atoms with E-state index in [1.807, 2.05) is 0 Å². The fraction of sp³-hybridized carbons (Fsp3) is 0.125. The lowest BCUT2D eigenvalue weighted by Crippen LogP contribution is -2.35. The number of hydrogen-bond acceptors (Lipinski definition) is 3. The summed E-state index contributed by atoms with van der Waals surface area (Å²) in [4.78, 5) is 23.2. The van der Waals surface area contributed by atoms with E-state index in [1.54, 1.807) is 6.07 Å². The second kappa shape index (κ2) is 7.88. The number of para-hydroxylation sites is 1. The summed E-state index contributed by atoms with van der Waals surface area (Å²) in [6, 6.07) is 10.9. The maximum absolute atomic E-state index is 13.3. The van der Waals surface area contributed by atoms with Crippen LogP contribution in [0.1, 0.15) is 0 Å². The molecule has 5 nitrogen and oxygen atoms in total. The van der Waals surface area contributed by atoms with Gasteiger partial charge in [-0.05, 0) is 36.4 Å². The number of hydrogen-bond donors (Lipinski definition) is 2. The van der Waals surface area contributed by atoms with E-state index < -0.39 is 30.1 Å². The molecule has 7 heteroatoms. The number of carbonyl (C=O) groups excluding carboxylic acids is 2. The van der Waals surface area contributed by atoms with E-state index in [0.717, 1.165) is 0 Å². The molecule has 0 heterocycles. The lowest BCUT2D eigenvalue weighted by atomic mass is 10.3. The Morgan fingerprint density at radius 3 is 2.35 bits per heavy atom. The third-order valence-corrected chi connectivity index (χ3v) is 2.77. The molecular formula is C16H14F2N2O3. The van der Waals surface area contributed by atoms with Crippen molar-refractivity contribution in [1.29, 1.82) is 0 Å². The second-order valence-corrected chi connectivity index (χ2v) is 4.55. The largest absolute Gasteiger partial charge is 0.481 e. The van der Waals surface area contributed by atoms with Crippen LogP contribution in [0.25, 0.3) is 0 Å². The Hall–Kier alpha value is -2.96. The molecule has 2 aromatic rings. The first-order valence-electron chi connectivity index (χ1n) is 6.74. The van der Waals surface area contributed by atoms with Crippen LogP contribution in [0.4, 0.5) is 14.5 Å². The lowest BCUT2D eigenvalue weighted by molar-refractivity contribution is -0.125. The van der Waals surface area contributed by atoms with E-state index in [-0.39, 0.29) is 12.3 Å². The summed E-state index contributed by atoms with van der Waals surface area (Å²) in [5.74, 6) is -2.08. The van der Waals surface area contributed by atoms with Gasteiger partial charge in [-0.15, -0.1) is 0 Å². The van der Waals surface area contributed by atoms with Crippen molar-refractivity contribution in [2.24, 2.45) is 0 Å². The SMILES string of the molecule is O=C(COc1ccccc1F)NCC(=O)Nc1ccc(F)cc1. The number of carbonyl (C=O) groups is 2. The minimum atomic E-state index is -0.575. The van der Waals surface area contributed by atoms with Crippen LogP contribution >= 0.6 is 0 Å². The van der Waals surface area contributed by atoms with Crippen molar-refractivity contribution in [1.82, 2.24) is 5.32 Å². The Morgan fingerprint density at radius 1 is 0.957 bits per heavy atom. The molecule has 0 aliphatic rings. The Morgan fingerprint density at radius 2 is 1.65 bits per heavy atom. The molecule has 0 aliphatic heterocycles. The summed E-state index contributed by atoms with van der Waals surface area (Å²) in [5.41, 5.74) is 0.410. The van der Waals surface area contributed by atoms with Crippen LogP contribution in [0.3, 0.4) is 0 Å². The van der Waals surface area contributed by atoms with Gasteiger partial charge in [-0.1, -0.05) is 12.1 Å². The van der Waals surface area contributed by atoms with Gasteiger partial charge in [0.05, 0.1) is 6.54 Å². The van der Waals surface area contributed by atoms with Gasteiger partial charge in [-0.25, -0.2) is 8.78 Å². The van der Waals surface area contributed by atoms with Gasteiger partial charge in [0.15, 0.2) is 18.2 Å². The van der Waals surface area contributed by atoms with Crippen LogP contribution in [0.15, 0.2) is 48.5 Å². The summed E-state index contributed by atoms with van der Waals surface area (Å²) in [6.45, 7) is -0.693. The van der Waals surface area contributed by atoms with E-state index in [9.17, 15) is 18.4 Å². The first-order valence-corrected chi connectivity index (χ1v) is 6.74. The highest BCUT2D eigenvalue weighted by Crippen LogP contribution is 2.14. The maximum atomic E-state index is 13.3. The van der Waals surface area contributed by atoms with E-state index in [0.29, 0.717) is 5.69 Å². The van der Waals surface area contributed by atoms with Crippen LogP contribution in [0.5, 0.6) is 5.75 Å². The van der Waals surface area contributed by atoms with Crippen LogP contribution in [-0.4, -0.2) is 25.0 Å². The predicted octanol–water partition coefficient (Wildman–Crippen LogP) is 2.10. The minimum Gasteiger partial charge on any atom is -0.481 e. The number of benzene rings is 2. The summed E-state index contributed by atoms with van der Waals surface area (Å²) >= 11 is 0. The van der Waals surface area contributed by atoms with Gasteiger partial charge in [0.25, 0.3) is 5.91 Å². The minimum absolute atomic E-state index is 0.0431. The highest BCUT2D eigenvalue weighted by molar-refractivity contribution is 5.94. The van der Waals surface area contributed by atoms with Gasteiger partial charge in [0.2, 0.25) is 5.91 Å². The molecule has 0 fully saturated rings. The standard InChI is InChI=1S/C16H14F2N2O3/c17-11-5-7-12(8-6-11)20-15(21)9-19-16(22)10-23-14-4-2-1-3-13(14)18/h1-8H,9-10H2,(H,19,22)(H,20,21). The average Bonchev–Trinajstić information content (AvgIpc) is 2.54. The van der Waals surface area contributed by atoms with Crippen molar-refractivity contribution >= 4 is 17.5 Å². The Labute approximate surface area is 131 Å². The maximum Gasteiger partial charge on any atom is 0.258 e. The summed E-state index contributed by atoms with van der Waals surface area (Å²) in [5, 5.41) is 4.82. The van der Waals surface area contributed by atoms with Gasteiger partial charge in [-0.2, -0.15) is 0 Å². The second-order valence-electron chi connectivity index (χ2n) is 4.55. The number of amides is 2. The quantitative estimate of drug-likeness (QED) is 0.856. The molecule has 0 aliphatic carbocycles. The van der Waals surface area contributed by atoms with Gasteiger partial charge in [0, 0.05) is 5.69 Å². The summed E-state index contributed by atoms with van der Waals surface area (Å²) < 4.78 is 31.0. The van der Waals surface area contributed by atoms with Gasteiger partial charge < -0.3 is 15.4 Å². The molecule has 0 spiro atoms. The van der Waals surface area contributed by atoms with Crippen LogP contribution in [0.2, 0.25) is 0 Å². The van der Waals surface area contributed by atoms with E-state index in [1.165, 1.54) is 42.5 Å². The average molecular weight is 320 g/mol. The predicted molar refractivity (Wildman–Crippen MR) is 79.9 cm³/mol. The monoisotopic (exact) mass is 320 g/mol. The first-order chi connectivity index (χ1) is 11.0. The summed E-state index contributed by atoms with van der Waals surface area (Å²) in [6.07, 6.45) is 0. The van der Waals surface area contributed by atoms with Gasteiger partial charge >= 0.3 is 0 Å². The molecule has 2 N–H and O–H groups in total. The molecular weight excluding hydrogens is 306 g/mol. The number of halogens is 2. The fourth-order valence-corrected chi connectivity index (χ4v) is 1.67. The molecule has 2 aromatic carbocycles. The molecule has 120 valence electrons. The van der Waals surface area contributed by atoms with E-state index in [4.69, 9.17) is 4.74 Å². The molecule has 0 unspecified atom stereocenters. The highest BCUT2D eigenvalue weighted by Gasteiger charge is 2.08. The van der Waals surface area contributed by atoms with Crippen LogP contribution in [0, 0.1) is 11.6 Å². The Balaban J connectivity index is 1.72. The molecule has 2 rings (SSSR count). The number of nitrogens with one attached hydrogen (secondary N) is 2. The van der Waals surface area contributed by atoms with Crippen molar-refractivity contribution in [2.75, 3.05) is 18.5 Å². The molecule has 0 saturated heterocycles. The fourth-order valence-electron chi connectivity index (χ4n) is 1.67. The highest BCUT2D eigenvalue weighted by atomic mass is 19.1.